The fourth-order valence-corrected chi connectivity index (χ4v) is 5.19. The van der Waals surface area contributed by atoms with Crippen LogP contribution in [0.4, 0.5) is 5.00 Å². The molecule has 1 heterocycles. The number of nitrogens with two attached hydrogens (primary N) is 1. The average molecular weight is 257 g/mol. The number of aryl methyl sites for hydroxylation is 1. The summed E-state index contributed by atoms with van der Waals surface area (Å²) in [5, 5.41) is 0.807. The normalized spacial score (nSPS) is 17.1. The number of unbranched alkanes of at least 4 members (excludes halogenated alkanes) is 1. The van der Waals surface area contributed by atoms with Gasteiger partial charge in [0.25, 0.3) is 0 Å². The number of anilines is 1. The van der Waals surface area contributed by atoms with Gasteiger partial charge in [0.2, 0.25) is 0 Å². The molecule has 16 heavy (non-hydrogen) atoms. The van der Waals surface area contributed by atoms with Crippen LogP contribution < -0.4 is 5.73 Å². The van der Waals surface area contributed by atoms with Gasteiger partial charge in [0.05, 0.1) is 15.7 Å². The van der Waals surface area contributed by atoms with Crippen molar-refractivity contribution < 1.29 is 4.21 Å². The summed E-state index contributed by atoms with van der Waals surface area (Å²) in [7, 11) is -0.868. The Morgan fingerprint density at radius 3 is 2.88 bits per heavy atom. The molecular weight excluding hydrogens is 238 g/mol. The van der Waals surface area contributed by atoms with Crippen LogP contribution in [0.2, 0.25) is 0 Å². The third kappa shape index (κ3) is 2.33. The summed E-state index contributed by atoms with van der Waals surface area (Å²) < 4.78 is 12.2. The van der Waals surface area contributed by atoms with E-state index >= 15 is 0 Å². The Morgan fingerprint density at radius 2 is 2.12 bits per heavy atom. The zero-order valence-corrected chi connectivity index (χ0v) is 11.4. The van der Waals surface area contributed by atoms with Crippen molar-refractivity contribution >= 4 is 27.1 Å². The Bertz CT molecular complexity index is 398. The molecule has 0 aliphatic heterocycles. The van der Waals surface area contributed by atoms with Crippen LogP contribution >= 0.6 is 11.3 Å². The first kappa shape index (κ1) is 12.1. The third-order valence-corrected chi connectivity index (χ3v) is 5.89. The van der Waals surface area contributed by atoms with E-state index in [0.29, 0.717) is 0 Å². The Labute approximate surface area is 104 Å². The second-order valence-electron chi connectivity index (χ2n) is 4.31. The molecule has 0 radical (unpaired) electrons. The summed E-state index contributed by atoms with van der Waals surface area (Å²) >= 11 is 1.66. The predicted octanol–water partition coefficient (Wildman–Crippen LogP) is 3.12. The fraction of sp³-hybridized carbons (Fsp3) is 0.667. The highest BCUT2D eigenvalue weighted by atomic mass is 32.2. The maximum Gasteiger partial charge on any atom is 0.103 e. The first-order chi connectivity index (χ1) is 7.74. The minimum atomic E-state index is -0.868. The van der Waals surface area contributed by atoms with Gasteiger partial charge in [-0.3, -0.25) is 4.21 Å². The Morgan fingerprint density at radius 1 is 1.38 bits per heavy atom. The van der Waals surface area contributed by atoms with Crippen molar-refractivity contribution in [2.75, 3.05) is 11.5 Å². The van der Waals surface area contributed by atoms with Gasteiger partial charge < -0.3 is 5.73 Å². The van der Waals surface area contributed by atoms with Crippen molar-refractivity contribution in [3.8, 4) is 0 Å². The molecule has 0 fully saturated rings. The molecular formula is C12H19NOS2. The lowest BCUT2D eigenvalue weighted by Crippen LogP contribution is -2.06. The highest BCUT2D eigenvalue weighted by molar-refractivity contribution is 7.85. The van der Waals surface area contributed by atoms with Crippen LogP contribution in [0.3, 0.4) is 0 Å². The lowest BCUT2D eigenvalue weighted by molar-refractivity contribution is 0.669. The maximum absolute atomic E-state index is 12.2. The van der Waals surface area contributed by atoms with Crippen LogP contribution in [-0.2, 0) is 23.6 Å². The van der Waals surface area contributed by atoms with Crippen molar-refractivity contribution in [2.24, 2.45) is 0 Å². The first-order valence-corrected chi connectivity index (χ1v) is 8.16. The molecule has 0 aromatic carbocycles. The molecule has 2 N–H and O–H groups in total. The van der Waals surface area contributed by atoms with Crippen LogP contribution in [0.5, 0.6) is 0 Å². The summed E-state index contributed by atoms with van der Waals surface area (Å²) in [5.41, 5.74) is 7.34. The van der Waals surface area contributed by atoms with Crippen LogP contribution in [0.1, 0.15) is 43.0 Å². The lowest BCUT2D eigenvalue weighted by atomic mass is 9.99. The minimum Gasteiger partial charge on any atom is -0.390 e. The molecule has 1 atom stereocenters. The van der Waals surface area contributed by atoms with E-state index in [1.165, 1.54) is 23.3 Å². The maximum atomic E-state index is 12.2. The van der Waals surface area contributed by atoms with E-state index in [1.807, 2.05) is 0 Å². The third-order valence-electron chi connectivity index (χ3n) is 3.06. The quantitative estimate of drug-likeness (QED) is 0.900. The van der Waals surface area contributed by atoms with Gasteiger partial charge in [-0.05, 0) is 37.7 Å². The predicted molar refractivity (Wildman–Crippen MR) is 71.6 cm³/mol. The monoisotopic (exact) mass is 257 g/mol. The minimum absolute atomic E-state index is 0.768. The summed E-state index contributed by atoms with van der Waals surface area (Å²) in [6.45, 7) is 2.13. The molecule has 1 aromatic heterocycles. The van der Waals surface area contributed by atoms with Gasteiger partial charge in [0, 0.05) is 10.6 Å². The van der Waals surface area contributed by atoms with Gasteiger partial charge in [-0.1, -0.05) is 13.3 Å². The molecule has 1 unspecified atom stereocenters. The van der Waals surface area contributed by atoms with Crippen molar-refractivity contribution in [3.63, 3.8) is 0 Å². The number of fused-ring (bicyclic) bond motifs is 1. The second-order valence-corrected chi connectivity index (χ2v) is 6.95. The van der Waals surface area contributed by atoms with E-state index in [2.05, 4.69) is 6.92 Å². The molecule has 0 amide bonds. The van der Waals surface area contributed by atoms with E-state index in [4.69, 9.17) is 5.73 Å². The SMILES string of the molecule is CCCCS(=O)c1c(N)sc2c1CCCC2. The topological polar surface area (TPSA) is 43.1 Å². The Kier molecular flexibility index (Phi) is 4.03. The van der Waals surface area contributed by atoms with E-state index in [1.54, 1.807) is 11.3 Å². The van der Waals surface area contributed by atoms with Crippen LogP contribution in [0.15, 0.2) is 4.90 Å². The molecule has 1 aliphatic rings. The zero-order valence-electron chi connectivity index (χ0n) is 9.75. The van der Waals surface area contributed by atoms with E-state index in [-0.39, 0.29) is 0 Å². The first-order valence-electron chi connectivity index (χ1n) is 6.02. The average Bonchev–Trinajstić information content (AvgIpc) is 2.62. The van der Waals surface area contributed by atoms with E-state index < -0.39 is 10.8 Å². The molecule has 1 aliphatic carbocycles. The van der Waals surface area contributed by atoms with Gasteiger partial charge in [-0.25, -0.2) is 0 Å². The fourth-order valence-electron chi connectivity index (χ4n) is 2.19. The van der Waals surface area contributed by atoms with Crippen molar-refractivity contribution in [1.29, 1.82) is 0 Å². The Hall–Kier alpha value is -0.350. The molecule has 0 saturated heterocycles. The van der Waals surface area contributed by atoms with E-state index in [0.717, 1.165) is 41.3 Å². The number of rotatable bonds is 4. The van der Waals surface area contributed by atoms with E-state index in [9.17, 15) is 4.21 Å². The molecule has 2 rings (SSSR count). The lowest BCUT2D eigenvalue weighted by Gasteiger charge is -2.12. The van der Waals surface area contributed by atoms with Crippen molar-refractivity contribution in [1.82, 2.24) is 0 Å². The number of hydrogen-bond donors (Lipinski definition) is 1. The van der Waals surface area contributed by atoms with Crippen LogP contribution in [0.25, 0.3) is 0 Å². The summed E-state index contributed by atoms with van der Waals surface area (Å²) in [4.78, 5) is 2.37. The summed E-state index contributed by atoms with van der Waals surface area (Å²) in [6.07, 6.45) is 6.81. The van der Waals surface area contributed by atoms with Gasteiger partial charge in [0.1, 0.15) is 5.00 Å². The van der Waals surface area contributed by atoms with Crippen LogP contribution in [-0.4, -0.2) is 9.96 Å². The van der Waals surface area contributed by atoms with Gasteiger partial charge in [0.15, 0.2) is 0 Å². The molecule has 4 heteroatoms. The molecule has 90 valence electrons. The number of hydrogen-bond acceptors (Lipinski definition) is 3. The molecule has 0 bridgehead atoms. The van der Waals surface area contributed by atoms with Crippen LogP contribution in [0, 0.1) is 0 Å². The van der Waals surface area contributed by atoms with Gasteiger partial charge >= 0.3 is 0 Å². The van der Waals surface area contributed by atoms with Gasteiger partial charge in [-0.15, -0.1) is 11.3 Å². The highest BCUT2D eigenvalue weighted by Crippen LogP contribution is 2.38. The standard InChI is InChI=1S/C12H19NOS2/c1-2-3-8-16(14)11-9-6-4-5-7-10(9)15-12(11)13/h2-8,13H2,1H3. The molecule has 0 saturated carbocycles. The number of nitrogen functional groups attached to an aromatic ring is 1. The molecule has 1 aromatic rings. The van der Waals surface area contributed by atoms with Crippen molar-refractivity contribution in [3.05, 3.63) is 10.4 Å². The number of thiophene rings is 1. The second kappa shape index (κ2) is 5.32. The smallest absolute Gasteiger partial charge is 0.103 e. The summed E-state index contributed by atoms with van der Waals surface area (Å²) in [6, 6.07) is 0. The van der Waals surface area contributed by atoms with Gasteiger partial charge in [-0.2, -0.15) is 0 Å². The summed E-state index contributed by atoms with van der Waals surface area (Å²) in [5.74, 6) is 0.768. The Balaban J connectivity index is 2.25. The van der Waals surface area contributed by atoms with Crippen molar-refractivity contribution in [2.45, 2.75) is 50.3 Å². The molecule has 2 nitrogen and oxygen atoms in total. The zero-order chi connectivity index (χ0) is 11.5. The largest absolute Gasteiger partial charge is 0.390 e. The highest BCUT2D eigenvalue weighted by Gasteiger charge is 2.22. The molecule has 0 spiro atoms.